The van der Waals surface area contributed by atoms with Gasteiger partial charge in [0, 0.05) is 0 Å². The van der Waals surface area contributed by atoms with E-state index in [1.807, 2.05) is 6.92 Å². The lowest BCUT2D eigenvalue weighted by Gasteiger charge is -2.34. The summed E-state index contributed by atoms with van der Waals surface area (Å²) in [6.07, 6.45) is 4.35. The van der Waals surface area contributed by atoms with Crippen LogP contribution in [-0.4, -0.2) is 23.3 Å². The molecule has 2 aliphatic rings. The molecule has 0 aromatic carbocycles. The van der Waals surface area contributed by atoms with Gasteiger partial charge in [-0.15, -0.1) is 6.58 Å². The lowest BCUT2D eigenvalue weighted by atomic mass is 9.66. The SMILES string of the molecule is C=CC(C)C1(C(=O)O)CC2CCC1O2. The highest BCUT2D eigenvalue weighted by molar-refractivity contribution is 5.77. The maximum Gasteiger partial charge on any atom is 0.312 e. The molecule has 0 radical (unpaired) electrons. The predicted octanol–water partition coefficient (Wildman–Crippen LogP) is 1.83. The van der Waals surface area contributed by atoms with Crippen LogP contribution < -0.4 is 0 Å². The Kier molecular flexibility index (Phi) is 2.14. The summed E-state index contributed by atoms with van der Waals surface area (Å²) in [6, 6.07) is 0. The van der Waals surface area contributed by atoms with E-state index in [-0.39, 0.29) is 18.1 Å². The van der Waals surface area contributed by atoms with E-state index in [2.05, 4.69) is 6.58 Å². The molecule has 2 rings (SSSR count). The van der Waals surface area contributed by atoms with Crippen LogP contribution in [0.4, 0.5) is 0 Å². The van der Waals surface area contributed by atoms with E-state index in [1.165, 1.54) is 0 Å². The van der Waals surface area contributed by atoms with Gasteiger partial charge in [0.2, 0.25) is 0 Å². The summed E-state index contributed by atoms with van der Waals surface area (Å²) in [4.78, 5) is 11.4. The van der Waals surface area contributed by atoms with Gasteiger partial charge in [0.05, 0.1) is 12.2 Å². The van der Waals surface area contributed by atoms with Crippen LogP contribution in [0, 0.1) is 11.3 Å². The van der Waals surface area contributed by atoms with Gasteiger partial charge in [0.15, 0.2) is 0 Å². The van der Waals surface area contributed by atoms with E-state index < -0.39 is 11.4 Å². The maximum atomic E-state index is 11.4. The molecule has 4 atom stereocenters. The zero-order valence-electron chi connectivity index (χ0n) is 8.40. The van der Waals surface area contributed by atoms with Crippen molar-refractivity contribution in [1.82, 2.24) is 0 Å². The number of fused-ring (bicyclic) bond motifs is 2. The number of allylic oxidation sites excluding steroid dienone is 1. The molecule has 1 N–H and O–H groups in total. The van der Waals surface area contributed by atoms with Crippen LogP contribution in [0.15, 0.2) is 12.7 Å². The van der Waals surface area contributed by atoms with Crippen LogP contribution in [0.3, 0.4) is 0 Å². The summed E-state index contributed by atoms with van der Waals surface area (Å²) in [6.45, 7) is 5.62. The summed E-state index contributed by atoms with van der Waals surface area (Å²) in [5, 5.41) is 9.36. The Hall–Kier alpha value is -0.830. The van der Waals surface area contributed by atoms with Crippen LogP contribution in [-0.2, 0) is 9.53 Å². The van der Waals surface area contributed by atoms with Crippen molar-refractivity contribution in [2.75, 3.05) is 0 Å². The van der Waals surface area contributed by atoms with Crippen molar-refractivity contribution >= 4 is 5.97 Å². The van der Waals surface area contributed by atoms with Gasteiger partial charge in [0.1, 0.15) is 5.41 Å². The zero-order chi connectivity index (χ0) is 10.3. The lowest BCUT2D eigenvalue weighted by molar-refractivity contribution is -0.155. The first-order chi connectivity index (χ1) is 6.61. The zero-order valence-corrected chi connectivity index (χ0v) is 8.40. The Balaban J connectivity index is 2.33. The second-order valence-electron chi connectivity index (χ2n) is 4.40. The van der Waals surface area contributed by atoms with Gasteiger partial charge in [-0.1, -0.05) is 13.0 Å². The van der Waals surface area contributed by atoms with Gasteiger partial charge in [-0.05, 0) is 25.2 Å². The Morgan fingerprint density at radius 1 is 1.71 bits per heavy atom. The highest BCUT2D eigenvalue weighted by atomic mass is 16.5. The van der Waals surface area contributed by atoms with Crippen LogP contribution >= 0.6 is 0 Å². The Morgan fingerprint density at radius 3 is 2.79 bits per heavy atom. The van der Waals surface area contributed by atoms with Crippen LogP contribution in [0.2, 0.25) is 0 Å². The molecule has 0 amide bonds. The number of aliphatic carboxylic acids is 1. The van der Waals surface area contributed by atoms with E-state index in [1.54, 1.807) is 6.08 Å². The molecule has 0 saturated carbocycles. The molecule has 3 nitrogen and oxygen atoms in total. The number of carboxylic acid groups (broad SMARTS) is 1. The van der Waals surface area contributed by atoms with E-state index in [4.69, 9.17) is 4.74 Å². The Morgan fingerprint density at radius 2 is 2.43 bits per heavy atom. The second kappa shape index (κ2) is 3.09. The van der Waals surface area contributed by atoms with Gasteiger partial charge < -0.3 is 9.84 Å². The van der Waals surface area contributed by atoms with Crippen LogP contribution in [0.1, 0.15) is 26.2 Å². The van der Waals surface area contributed by atoms with E-state index in [0.717, 1.165) is 12.8 Å². The fraction of sp³-hybridized carbons (Fsp3) is 0.727. The monoisotopic (exact) mass is 196 g/mol. The number of hydrogen-bond acceptors (Lipinski definition) is 2. The van der Waals surface area contributed by atoms with Gasteiger partial charge in [-0.2, -0.15) is 0 Å². The fourth-order valence-corrected chi connectivity index (χ4v) is 2.85. The molecule has 0 aromatic heterocycles. The Bertz CT molecular complexity index is 274. The largest absolute Gasteiger partial charge is 0.481 e. The summed E-state index contributed by atoms with van der Waals surface area (Å²) in [7, 11) is 0. The third-order valence-corrected chi connectivity index (χ3v) is 3.81. The molecule has 2 saturated heterocycles. The van der Waals surface area contributed by atoms with Crippen molar-refractivity contribution in [2.45, 2.75) is 38.4 Å². The summed E-state index contributed by atoms with van der Waals surface area (Å²) in [5.74, 6) is -0.743. The van der Waals surface area contributed by atoms with Gasteiger partial charge in [-0.25, -0.2) is 0 Å². The quantitative estimate of drug-likeness (QED) is 0.700. The highest BCUT2D eigenvalue weighted by Crippen LogP contribution is 2.52. The van der Waals surface area contributed by atoms with Crippen molar-refractivity contribution in [1.29, 1.82) is 0 Å². The standard InChI is InChI=1S/C11H16O3/c1-3-7(2)11(10(12)13)6-8-4-5-9(11)14-8/h3,7-9H,1,4-6H2,2H3,(H,12,13). The van der Waals surface area contributed by atoms with Crippen molar-refractivity contribution < 1.29 is 14.6 Å². The molecule has 2 fully saturated rings. The molecule has 0 spiro atoms. The molecule has 3 heteroatoms. The van der Waals surface area contributed by atoms with Crippen molar-refractivity contribution in [3.63, 3.8) is 0 Å². The molecule has 2 aliphatic heterocycles. The smallest absolute Gasteiger partial charge is 0.312 e. The second-order valence-corrected chi connectivity index (χ2v) is 4.40. The third-order valence-electron chi connectivity index (χ3n) is 3.81. The molecule has 0 aromatic rings. The van der Waals surface area contributed by atoms with Gasteiger partial charge in [-0.3, -0.25) is 4.79 Å². The van der Waals surface area contributed by atoms with Crippen molar-refractivity contribution in [3.05, 3.63) is 12.7 Å². The predicted molar refractivity (Wildman–Crippen MR) is 51.9 cm³/mol. The van der Waals surface area contributed by atoms with Crippen molar-refractivity contribution in [2.24, 2.45) is 11.3 Å². The third kappa shape index (κ3) is 1.05. The number of carbonyl (C=O) groups is 1. The van der Waals surface area contributed by atoms with E-state index in [9.17, 15) is 9.90 Å². The molecule has 14 heavy (non-hydrogen) atoms. The first kappa shape index (κ1) is 9.71. The van der Waals surface area contributed by atoms with E-state index >= 15 is 0 Å². The number of ether oxygens (including phenoxy) is 1. The molecular formula is C11H16O3. The minimum atomic E-state index is -0.725. The number of hydrogen-bond donors (Lipinski definition) is 1. The van der Waals surface area contributed by atoms with Crippen LogP contribution in [0.5, 0.6) is 0 Å². The van der Waals surface area contributed by atoms with Gasteiger partial charge in [0.25, 0.3) is 0 Å². The molecular weight excluding hydrogens is 180 g/mol. The maximum absolute atomic E-state index is 11.4. The Labute approximate surface area is 83.8 Å². The van der Waals surface area contributed by atoms with Gasteiger partial charge >= 0.3 is 5.97 Å². The fourth-order valence-electron chi connectivity index (χ4n) is 2.85. The molecule has 0 aliphatic carbocycles. The molecule has 4 unspecified atom stereocenters. The molecule has 78 valence electrons. The van der Waals surface area contributed by atoms with Crippen LogP contribution in [0.25, 0.3) is 0 Å². The average Bonchev–Trinajstić information content (AvgIpc) is 2.75. The summed E-state index contributed by atoms with van der Waals surface area (Å²) in [5.41, 5.74) is -0.704. The minimum Gasteiger partial charge on any atom is -0.481 e. The normalized spacial score (nSPS) is 42.4. The first-order valence-corrected chi connectivity index (χ1v) is 5.12. The lowest BCUT2D eigenvalue weighted by Crippen LogP contribution is -2.44. The van der Waals surface area contributed by atoms with E-state index in [0.29, 0.717) is 6.42 Å². The molecule has 2 heterocycles. The summed E-state index contributed by atoms with van der Waals surface area (Å²) >= 11 is 0. The van der Waals surface area contributed by atoms with Crippen molar-refractivity contribution in [3.8, 4) is 0 Å². The summed E-state index contributed by atoms with van der Waals surface area (Å²) < 4.78 is 5.64. The topological polar surface area (TPSA) is 46.5 Å². The first-order valence-electron chi connectivity index (χ1n) is 5.12. The number of carboxylic acids is 1. The minimum absolute atomic E-state index is 0.0182. The average molecular weight is 196 g/mol. The molecule has 2 bridgehead atoms. The highest BCUT2D eigenvalue weighted by Gasteiger charge is 2.59. The number of rotatable bonds is 3.